The van der Waals surface area contributed by atoms with E-state index in [1.54, 1.807) is 19.1 Å². The first-order valence-corrected chi connectivity index (χ1v) is 10.6. The fourth-order valence-corrected chi connectivity index (χ4v) is 3.99. The number of anilines is 1. The summed E-state index contributed by atoms with van der Waals surface area (Å²) in [5.41, 5.74) is -0.130. The lowest BCUT2D eigenvalue weighted by molar-refractivity contribution is -0.129. The van der Waals surface area contributed by atoms with E-state index in [1.165, 1.54) is 30.3 Å². The Hall–Kier alpha value is -2.51. The zero-order chi connectivity index (χ0) is 22.6. The standard InChI is InChI=1S/C24H30F2N2O3/c1-16(2)13-24(30)10-11-28(14-22(24)31-20-8-5-18(25)6-9-20)15-23(29)27-19-7-4-17(3)21(26)12-19/h4-9,12,16,22,30H,10-11,13-15H2,1-3H3,(H,27,29)/t22-,24+/m0/s1. The topological polar surface area (TPSA) is 61.8 Å². The van der Waals surface area contributed by atoms with E-state index in [1.807, 2.05) is 18.7 Å². The number of benzene rings is 2. The van der Waals surface area contributed by atoms with E-state index in [4.69, 9.17) is 4.74 Å². The highest BCUT2D eigenvalue weighted by Crippen LogP contribution is 2.32. The van der Waals surface area contributed by atoms with Crippen molar-refractivity contribution in [2.45, 2.75) is 45.3 Å². The van der Waals surface area contributed by atoms with Gasteiger partial charge >= 0.3 is 0 Å². The molecule has 3 rings (SSSR count). The van der Waals surface area contributed by atoms with Crippen LogP contribution in [0.5, 0.6) is 5.75 Å². The molecule has 31 heavy (non-hydrogen) atoms. The zero-order valence-corrected chi connectivity index (χ0v) is 18.2. The smallest absolute Gasteiger partial charge is 0.238 e. The molecule has 0 aliphatic carbocycles. The number of amides is 1. The third kappa shape index (κ3) is 6.24. The largest absolute Gasteiger partial charge is 0.486 e. The van der Waals surface area contributed by atoms with Gasteiger partial charge in [0.05, 0.1) is 6.54 Å². The van der Waals surface area contributed by atoms with Crippen LogP contribution >= 0.6 is 0 Å². The minimum absolute atomic E-state index is 0.0938. The molecule has 1 aliphatic heterocycles. The lowest BCUT2D eigenvalue weighted by Gasteiger charge is -2.45. The highest BCUT2D eigenvalue weighted by Gasteiger charge is 2.43. The van der Waals surface area contributed by atoms with Crippen LogP contribution < -0.4 is 10.1 Å². The fraction of sp³-hybridized carbons (Fsp3) is 0.458. The van der Waals surface area contributed by atoms with Crippen LogP contribution in [0.15, 0.2) is 42.5 Å². The highest BCUT2D eigenvalue weighted by atomic mass is 19.1. The van der Waals surface area contributed by atoms with Crippen LogP contribution in [0.25, 0.3) is 0 Å². The third-order valence-electron chi connectivity index (χ3n) is 5.56. The molecule has 1 fully saturated rings. The summed E-state index contributed by atoms with van der Waals surface area (Å²) in [6.07, 6.45) is 0.434. The van der Waals surface area contributed by atoms with Crippen molar-refractivity contribution in [3.8, 4) is 5.75 Å². The number of piperidine rings is 1. The molecule has 1 saturated heterocycles. The normalized spacial score (nSPS) is 21.8. The van der Waals surface area contributed by atoms with Gasteiger partial charge in [-0.2, -0.15) is 0 Å². The van der Waals surface area contributed by atoms with Gasteiger partial charge in [-0.15, -0.1) is 0 Å². The number of aliphatic hydroxyl groups is 1. The van der Waals surface area contributed by atoms with Crippen LogP contribution in [-0.2, 0) is 4.79 Å². The lowest BCUT2D eigenvalue weighted by Crippen LogP contribution is -2.59. The first kappa shape index (κ1) is 23.2. The van der Waals surface area contributed by atoms with Crippen LogP contribution in [0.1, 0.15) is 32.3 Å². The molecule has 0 radical (unpaired) electrons. The molecule has 1 heterocycles. The number of halogens is 2. The number of nitrogens with zero attached hydrogens (tertiary/aromatic N) is 1. The minimum atomic E-state index is -1.05. The maximum atomic E-state index is 13.7. The van der Waals surface area contributed by atoms with E-state index in [0.29, 0.717) is 42.9 Å². The van der Waals surface area contributed by atoms with Crippen molar-refractivity contribution in [3.05, 3.63) is 59.7 Å². The van der Waals surface area contributed by atoms with Crippen LogP contribution in [0, 0.1) is 24.5 Å². The second-order valence-electron chi connectivity index (χ2n) is 8.76. The Bertz CT molecular complexity index is 904. The second-order valence-corrected chi connectivity index (χ2v) is 8.76. The molecule has 0 bridgehead atoms. The summed E-state index contributed by atoms with van der Waals surface area (Å²) in [4.78, 5) is 14.4. The molecule has 0 saturated carbocycles. The molecule has 2 aromatic rings. The maximum Gasteiger partial charge on any atom is 0.238 e. The number of likely N-dealkylation sites (tertiary alicyclic amines) is 1. The summed E-state index contributed by atoms with van der Waals surface area (Å²) >= 11 is 0. The summed E-state index contributed by atoms with van der Waals surface area (Å²) in [6, 6.07) is 10.3. The number of carbonyl (C=O) groups is 1. The average molecular weight is 433 g/mol. The highest BCUT2D eigenvalue weighted by molar-refractivity contribution is 5.92. The molecular formula is C24H30F2N2O3. The van der Waals surface area contributed by atoms with E-state index >= 15 is 0 Å². The van der Waals surface area contributed by atoms with Gasteiger partial charge < -0.3 is 15.2 Å². The van der Waals surface area contributed by atoms with Gasteiger partial charge in [0.15, 0.2) is 0 Å². The number of ether oxygens (including phenoxy) is 1. The Morgan fingerprint density at radius 1 is 1.26 bits per heavy atom. The van der Waals surface area contributed by atoms with Gasteiger partial charge in [-0.3, -0.25) is 9.69 Å². The Kier molecular flexibility index (Phi) is 7.28. The van der Waals surface area contributed by atoms with E-state index in [-0.39, 0.29) is 30.0 Å². The second kappa shape index (κ2) is 9.75. The summed E-state index contributed by atoms with van der Waals surface area (Å²) < 4.78 is 33.0. The molecule has 2 N–H and O–H groups in total. The first-order chi connectivity index (χ1) is 14.6. The van der Waals surface area contributed by atoms with Gasteiger partial charge in [0, 0.05) is 18.8 Å². The van der Waals surface area contributed by atoms with Crippen molar-refractivity contribution in [3.63, 3.8) is 0 Å². The summed E-state index contributed by atoms with van der Waals surface area (Å²) in [5, 5.41) is 14.0. The predicted octanol–water partition coefficient (Wildman–Crippen LogP) is 4.14. The summed E-state index contributed by atoms with van der Waals surface area (Å²) in [7, 11) is 0. The average Bonchev–Trinajstić information content (AvgIpc) is 2.69. The Balaban J connectivity index is 1.67. The Morgan fingerprint density at radius 2 is 1.97 bits per heavy atom. The van der Waals surface area contributed by atoms with Crippen LogP contribution in [0.2, 0.25) is 0 Å². The minimum Gasteiger partial charge on any atom is -0.486 e. The van der Waals surface area contributed by atoms with Gasteiger partial charge in [0.1, 0.15) is 29.1 Å². The molecule has 168 valence electrons. The number of aryl methyl sites for hydroxylation is 1. The predicted molar refractivity (Wildman–Crippen MR) is 116 cm³/mol. The number of nitrogens with one attached hydrogen (secondary N) is 1. The summed E-state index contributed by atoms with van der Waals surface area (Å²) in [6.45, 7) is 6.70. The number of carbonyl (C=O) groups excluding carboxylic acids is 1. The molecule has 0 aromatic heterocycles. The van der Waals surface area contributed by atoms with Gasteiger partial charge in [-0.1, -0.05) is 19.9 Å². The zero-order valence-electron chi connectivity index (χ0n) is 18.2. The van der Waals surface area contributed by atoms with E-state index in [0.717, 1.165) is 0 Å². The third-order valence-corrected chi connectivity index (χ3v) is 5.56. The van der Waals surface area contributed by atoms with Crippen molar-refractivity contribution < 1.29 is 23.4 Å². The van der Waals surface area contributed by atoms with Crippen LogP contribution in [0.4, 0.5) is 14.5 Å². The fourth-order valence-electron chi connectivity index (χ4n) is 3.99. The molecule has 2 atom stereocenters. The Morgan fingerprint density at radius 3 is 2.61 bits per heavy atom. The number of hydrogen-bond acceptors (Lipinski definition) is 4. The maximum absolute atomic E-state index is 13.7. The van der Waals surface area contributed by atoms with Crippen molar-refractivity contribution in [1.29, 1.82) is 0 Å². The lowest BCUT2D eigenvalue weighted by atomic mass is 9.81. The Labute approximate surface area is 182 Å². The van der Waals surface area contributed by atoms with Gasteiger partial charge in [-0.25, -0.2) is 8.78 Å². The number of hydrogen-bond donors (Lipinski definition) is 2. The molecule has 2 aromatic carbocycles. The first-order valence-electron chi connectivity index (χ1n) is 10.6. The van der Waals surface area contributed by atoms with Crippen molar-refractivity contribution >= 4 is 11.6 Å². The molecule has 0 unspecified atom stereocenters. The van der Waals surface area contributed by atoms with Crippen molar-refractivity contribution in [1.82, 2.24) is 4.90 Å². The van der Waals surface area contributed by atoms with Gasteiger partial charge in [-0.05, 0) is 67.6 Å². The van der Waals surface area contributed by atoms with E-state index in [2.05, 4.69) is 5.32 Å². The van der Waals surface area contributed by atoms with Crippen molar-refractivity contribution in [2.75, 3.05) is 25.0 Å². The monoisotopic (exact) mass is 432 g/mol. The van der Waals surface area contributed by atoms with E-state index in [9.17, 15) is 18.7 Å². The molecule has 5 nitrogen and oxygen atoms in total. The van der Waals surface area contributed by atoms with Crippen LogP contribution in [0.3, 0.4) is 0 Å². The quantitative estimate of drug-likeness (QED) is 0.690. The summed E-state index contributed by atoms with van der Waals surface area (Å²) in [5.74, 6) is -0.273. The molecule has 1 aliphatic rings. The SMILES string of the molecule is Cc1ccc(NC(=O)CN2CC[C@@](O)(CC(C)C)[C@@H](Oc3ccc(F)cc3)C2)cc1F. The molecular weight excluding hydrogens is 402 g/mol. The molecule has 0 spiro atoms. The van der Waals surface area contributed by atoms with Crippen molar-refractivity contribution in [2.24, 2.45) is 5.92 Å². The van der Waals surface area contributed by atoms with Gasteiger partial charge in [0.2, 0.25) is 5.91 Å². The molecule has 7 heteroatoms. The van der Waals surface area contributed by atoms with Gasteiger partial charge in [0.25, 0.3) is 0 Å². The number of rotatable bonds is 7. The van der Waals surface area contributed by atoms with Crippen LogP contribution in [-0.4, -0.2) is 47.3 Å². The van der Waals surface area contributed by atoms with E-state index < -0.39 is 11.7 Å². The molecule has 1 amide bonds.